The highest BCUT2D eigenvalue weighted by molar-refractivity contribution is 5.92. The molecule has 0 heterocycles. The summed E-state index contributed by atoms with van der Waals surface area (Å²) >= 11 is 0. The Hall–Kier alpha value is -1.14. The van der Waals surface area contributed by atoms with Crippen LogP contribution in [0.4, 0.5) is 0 Å². The molecule has 0 saturated heterocycles. The second-order valence-corrected chi connectivity index (χ2v) is 3.81. The third-order valence-corrected chi connectivity index (χ3v) is 2.39. The Morgan fingerprint density at radius 2 is 1.26 bits per heavy atom. The van der Waals surface area contributed by atoms with E-state index in [0.717, 1.165) is 0 Å². The van der Waals surface area contributed by atoms with Gasteiger partial charge in [-0.2, -0.15) is 0 Å². The summed E-state index contributed by atoms with van der Waals surface area (Å²) in [6, 6.07) is 0. The van der Waals surface area contributed by atoms with E-state index in [9.17, 15) is 24.9 Å². The van der Waals surface area contributed by atoms with Crippen LogP contribution in [0, 0.1) is 0 Å². The topological polar surface area (TPSA) is 196 Å². The van der Waals surface area contributed by atoms with Crippen LogP contribution in [0.5, 0.6) is 0 Å². The van der Waals surface area contributed by atoms with Gasteiger partial charge < -0.3 is 40.9 Å². The van der Waals surface area contributed by atoms with Gasteiger partial charge in [0.1, 0.15) is 24.4 Å². The van der Waals surface area contributed by atoms with Crippen LogP contribution in [0.3, 0.4) is 0 Å². The van der Waals surface area contributed by atoms with Crippen molar-refractivity contribution in [2.75, 3.05) is 6.61 Å². The van der Waals surface area contributed by atoms with Crippen LogP contribution in [0.25, 0.3) is 0 Å². The molecule has 0 bridgehead atoms. The van der Waals surface area contributed by atoms with Crippen LogP contribution in [-0.2, 0) is 9.59 Å². The lowest BCUT2D eigenvalue weighted by Gasteiger charge is -2.26. The Labute approximate surface area is 106 Å². The molecular weight excluding hydrogens is 268 g/mol. The van der Waals surface area contributed by atoms with Crippen LogP contribution in [0.2, 0.25) is 0 Å². The molecule has 0 aliphatic heterocycles. The molecule has 0 aromatic carbocycles. The summed E-state index contributed by atoms with van der Waals surface area (Å²) in [5.41, 5.74) is 0. The molecule has 0 amide bonds. The summed E-state index contributed by atoms with van der Waals surface area (Å²) in [6.07, 6.45) is -13.8. The molecular formula is C9H16O10. The van der Waals surface area contributed by atoms with Crippen LogP contribution >= 0.6 is 0 Å². The Kier molecular flexibility index (Phi) is 7.00. The summed E-state index contributed by atoms with van der Waals surface area (Å²) in [5, 5.41) is 71.6. The normalized spacial score (nSPS) is 21.0. The molecule has 0 aromatic heterocycles. The van der Waals surface area contributed by atoms with Crippen LogP contribution in [0.15, 0.2) is 0 Å². The molecule has 0 unspecified atom stereocenters. The van der Waals surface area contributed by atoms with E-state index in [1.165, 1.54) is 0 Å². The second-order valence-electron chi connectivity index (χ2n) is 3.81. The van der Waals surface area contributed by atoms with Crippen molar-refractivity contribution in [2.45, 2.75) is 36.6 Å². The highest BCUT2D eigenvalue weighted by Crippen LogP contribution is 2.09. The minimum absolute atomic E-state index is 0.973. The van der Waals surface area contributed by atoms with E-state index in [1.807, 2.05) is 0 Å². The number of aliphatic hydroxyl groups is 7. The van der Waals surface area contributed by atoms with Gasteiger partial charge in [-0.1, -0.05) is 0 Å². The molecule has 0 aliphatic carbocycles. The van der Waals surface area contributed by atoms with E-state index in [2.05, 4.69) is 0 Å². The number of aliphatic carboxylic acids is 1. The molecule has 0 radical (unpaired) electrons. The number of ketones is 1. The van der Waals surface area contributed by atoms with Crippen molar-refractivity contribution in [1.82, 2.24) is 0 Å². The number of carbonyl (C=O) groups is 2. The molecule has 10 heteroatoms. The van der Waals surface area contributed by atoms with Gasteiger partial charge in [-0.3, -0.25) is 4.79 Å². The maximum absolute atomic E-state index is 11.3. The number of Topliss-reactive ketones (excluding diaryl/α,β-unsaturated/α-hetero) is 1. The van der Waals surface area contributed by atoms with E-state index in [1.54, 1.807) is 0 Å². The minimum Gasteiger partial charge on any atom is -0.479 e. The maximum Gasteiger partial charge on any atom is 0.335 e. The lowest BCUT2D eigenvalue weighted by atomic mass is 9.96. The molecule has 0 aromatic rings. The second kappa shape index (κ2) is 7.45. The number of hydrogen-bond donors (Lipinski definition) is 8. The fourth-order valence-corrected chi connectivity index (χ4v) is 1.16. The summed E-state index contributed by atoms with van der Waals surface area (Å²) in [5.74, 6) is -3.59. The van der Waals surface area contributed by atoms with Gasteiger partial charge in [0.25, 0.3) is 0 Å². The zero-order chi connectivity index (χ0) is 15.3. The van der Waals surface area contributed by atoms with Gasteiger partial charge >= 0.3 is 5.97 Å². The Bertz CT molecular complexity index is 318. The third kappa shape index (κ3) is 4.47. The molecule has 0 fully saturated rings. The highest BCUT2D eigenvalue weighted by Gasteiger charge is 2.40. The lowest BCUT2D eigenvalue weighted by molar-refractivity contribution is -0.167. The van der Waals surface area contributed by atoms with E-state index < -0.39 is 55.0 Å². The van der Waals surface area contributed by atoms with E-state index in [0.29, 0.717) is 0 Å². The molecule has 0 rings (SSSR count). The minimum atomic E-state index is -2.53. The van der Waals surface area contributed by atoms with Crippen LogP contribution in [-0.4, -0.2) is 95.8 Å². The number of carboxylic acids is 1. The molecule has 8 N–H and O–H groups in total. The van der Waals surface area contributed by atoms with Crippen molar-refractivity contribution in [3.63, 3.8) is 0 Å². The zero-order valence-electron chi connectivity index (χ0n) is 9.57. The molecule has 6 atom stereocenters. The number of carbonyl (C=O) groups excluding carboxylic acids is 1. The summed E-state index contributed by atoms with van der Waals surface area (Å²) in [4.78, 5) is 21.6. The van der Waals surface area contributed by atoms with Crippen molar-refractivity contribution in [2.24, 2.45) is 0 Å². The van der Waals surface area contributed by atoms with Gasteiger partial charge in [0.05, 0.1) is 6.61 Å². The molecule has 19 heavy (non-hydrogen) atoms. The predicted molar refractivity (Wildman–Crippen MR) is 55.8 cm³/mol. The largest absolute Gasteiger partial charge is 0.479 e. The van der Waals surface area contributed by atoms with Crippen molar-refractivity contribution < 1.29 is 50.4 Å². The van der Waals surface area contributed by atoms with Gasteiger partial charge in [-0.15, -0.1) is 0 Å². The van der Waals surface area contributed by atoms with E-state index in [-0.39, 0.29) is 0 Å². The Morgan fingerprint density at radius 1 is 0.789 bits per heavy atom. The quantitative estimate of drug-likeness (QED) is 0.213. The SMILES string of the molecule is O=C(O)[C@@H](O)[C@@H](O)C(=O)[C@@H](O)[C@H](O)[C@H](O)[C@@H](O)CO. The molecule has 0 aliphatic rings. The van der Waals surface area contributed by atoms with Gasteiger partial charge in [0.15, 0.2) is 18.0 Å². The van der Waals surface area contributed by atoms with Gasteiger partial charge in [0, 0.05) is 0 Å². The van der Waals surface area contributed by atoms with Crippen molar-refractivity contribution >= 4 is 11.8 Å². The fraction of sp³-hybridized carbons (Fsp3) is 0.778. The summed E-state index contributed by atoms with van der Waals surface area (Å²) in [6.45, 7) is -0.973. The molecule has 112 valence electrons. The Morgan fingerprint density at radius 3 is 1.63 bits per heavy atom. The number of hydrogen-bond acceptors (Lipinski definition) is 9. The maximum atomic E-state index is 11.3. The van der Waals surface area contributed by atoms with Crippen molar-refractivity contribution in [1.29, 1.82) is 0 Å². The zero-order valence-corrected chi connectivity index (χ0v) is 9.57. The number of rotatable bonds is 8. The van der Waals surface area contributed by atoms with E-state index in [4.69, 9.17) is 25.5 Å². The average molecular weight is 284 g/mol. The first kappa shape index (κ1) is 17.9. The van der Waals surface area contributed by atoms with Gasteiger partial charge in [-0.05, 0) is 0 Å². The van der Waals surface area contributed by atoms with Gasteiger partial charge in [0.2, 0.25) is 0 Å². The first-order valence-corrected chi connectivity index (χ1v) is 5.10. The standard InChI is InChI=1S/C9H16O10/c10-1-2(11)3(12)4(13)5(14)6(15)7(16)8(17)9(18)19/h2-5,7-8,10-14,16-17H,1H2,(H,18,19)/t2-,3+,4+,5-,7-,8-/m0/s1. The Balaban J connectivity index is 4.77. The summed E-state index contributed by atoms with van der Waals surface area (Å²) < 4.78 is 0. The van der Waals surface area contributed by atoms with Gasteiger partial charge in [-0.25, -0.2) is 4.79 Å². The molecule has 0 saturated carbocycles. The van der Waals surface area contributed by atoms with Crippen LogP contribution in [0.1, 0.15) is 0 Å². The number of carboxylic acid groups (broad SMARTS) is 1. The predicted octanol–water partition coefficient (Wildman–Crippen LogP) is -5.20. The molecule has 0 spiro atoms. The summed E-state index contributed by atoms with van der Waals surface area (Å²) in [7, 11) is 0. The first-order chi connectivity index (χ1) is 8.64. The molecule has 10 nitrogen and oxygen atoms in total. The lowest BCUT2D eigenvalue weighted by Crippen LogP contribution is -2.53. The fourth-order valence-electron chi connectivity index (χ4n) is 1.16. The first-order valence-electron chi connectivity index (χ1n) is 5.10. The smallest absolute Gasteiger partial charge is 0.335 e. The van der Waals surface area contributed by atoms with Crippen molar-refractivity contribution in [3.05, 3.63) is 0 Å². The average Bonchev–Trinajstić information content (AvgIpc) is 2.40. The highest BCUT2D eigenvalue weighted by atomic mass is 16.4. The monoisotopic (exact) mass is 284 g/mol. The van der Waals surface area contributed by atoms with Crippen LogP contribution < -0.4 is 0 Å². The van der Waals surface area contributed by atoms with E-state index >= 15 is 0 Å². The van der Waals surface area contributed by atoms with Crippen molar-refractivity contribution in [3.8, 4) is 0 Å². The third-order valence-electron chi connectivity index (χ3n) is 2.39. The number of aliphatic hydroxyl groups excluding tert-OH is 7.